The Bertz CT molecular complexity index is 3060. The molecule has 1 atom stereocenters. The minimum atomic E-state index is -0.553. The van der Waals surface area contributed by atoms with E-state index in [4.69, 9.17) is 10.5 Å². The molecule has 0 radical (unpaired) electrons. The maximum Gasteiger partial charge on any atom is 0.291 e. The quantitative estimate of drug-likeness (QED) is 0.0867. The number of anilines is 5. The van der Waals surface area contributed by atoms with E-state index in [2.05, 4.69) is 25.9 Å². The van der Waals surface area contributed by atoms with Crippen LogP contribution in [0.5, 0.6) is 5.75 Å². The number of amides is 4. The number of imidazole rings is 1. The van der Waals surface area contributed by atoms with Crippen LogP contribution in [0.1, 0.15) is 65.9 Å². The molecule has 0 saturated carbocycles. The molecule has 9 rings (SSSR count). The number of fused-ring (bicyclic) bond motifs is 5. The third-order valence-electron chi connectivity index (χ3n) is 11.2. The number of aromatic nitrogens is 5. The first-order valence-electron chi connectivity index (χ1n) is 20.2. The van der Waals surface area contributed by atoms with Crippen LogP contribution >= 0.6 is 0 Å². The monoisotopic (exact) mass is 845 g/mol. The molecule has 7 aromatic rings. The van der Waals surface area contributed by atoms with Gasteiger partial charge in [-0.25, -0.2) is 4.98 Å². The summed E-state index contributed by atoms with van der Waals surface area (Å²) in [6.45, 7) is 2.12. The van der Waals surface area contributed by atoms with Gasteiger partial charge in [-0.3, -0.25) is 38.4 Å². The molecule has 2 aliphatic heterocycles. The molecular weight excluding hydrogens is 803 g/mol. The summed E-state index contributed by atoms with van der Waals surface area (Å²) < 4.78 is 12.3. The lowest BCUT2D eigenvalue weighted by atomic mass is 10.1. The first kappa shape index (κ1) is 40.2. The predicted molar refractivity (Wildman–Crippen MR) is 239 cm³/mol. The van der Waals surface area contributed by atoms with Gasteiger partial charge in [0.15, 0.2) is 5.82 Å². The fraction of sp³-hybridized carbons (Fsp3) is 0.196. The van der Waals surface area contributed by atoms with Crippen LogP contribution in [-0.2, 0) is 32.4 Å². The topological polar surface area (TPSA) is 205 Å². The Balaban J connectivity index is 0.767. The third-order valence-corrected chi connectivity index (χ3v) is 11.2. The number of nitrogens with one attached hydrogen (secondary N) is 3. The van der Waals surface area contributed by atoms with Crippen LogP contribution in [0.4, 0.5) is 34.3 Å². The smallest absolute Gasteiger partial charge is 0.291 e. The number of rotatable bonds is 11. The van der Waals surface area contributed by atoms with Crippen LogP contribution in [0.15, 0.2) is 103 Å². The van der Waals surface area contributed by atoms with Gasteiger partial charge < -0.3 is 40.1 Å². The molecule has 3 aromatic carbocycles. The van der Waals surface area contributed by atoms with Gasteiger partial charge in [-0.1, -0.05) is 18.2 Å². The van der Waals surface area contributed by atoms with Gasteiger partial charge in [-0.15, -0.1) is 0 Å². The summed E-state index contributed by atoms with van der Waals surface area (Å²) in [5.41, 5.74) is 12.4. The van der Waals surface area contributed by atoms with E-state index in [1.54, 1.807) is 85.3 Å². The SMILES string of the molecule is Cc1cc2c(cc1OCCCC(=O)Nc1cn(C)c(C(=O)Nc3cc(C(=O)Nc4cc(C(=O)n5ccc6cc(N)ccc65)n(C)c4)n(C)c3)n1)N=CC1Cc3ccccc3N1C2=O. The average molecular weight is 846 g/mol. The fourth-order valence-electron chi connectivity index (χ4n) is 8.11. The lowest BCUT2D eigenvalue weighted by molar-refractivity contribution is -0.116. The third kappa shape index (κ3) is 7.71. The van der Waals surface area contributed by atoms with Crippen LogP contribution in [-0.4, -0.2) is 71.7 Å². The molecule has 5 N–H and O–H groups in total. The molecule has 6 heterocycles. The number of carbonyl (C=O) groups is 5. The number of aryl methyl sites for hydroxylation is 4. The van der Waals surface area contributed by atoms with Gasteiger partial charge in [0, 0.05) is 87.8 Å². The number of hydrogen-bond acceptors (Lipinski definition) is 9. The molecular formula is C46H43N11O6. The van der Waals surface area contributed by atoms with Crippen molar-refractivity contribution in [2.75, 3.05) is 33.2 Å². The van der Waals surface area contributed by atoms with E-state index in [-0.39, 0.29) is 54.1 Å². The molecule has 4 aromatic heterocycles. The van der Waals surface area contributed by atoms with Crippen molar-refractivity contribution >= 4 is 80.9 Å². The molecule has 0 fully saturated rings. The van der Waals surface area contributed by atoms with E-state index in [1.807, 2.05) is 48.4 Å². The number of aliphatic imine (C=N–C) groups is 1. The highest BCUT2D eigenvalue weighted by Gasteiger charge is 2.36. The van der Waals surface area contributed by atoms with E-state index in [0.717, 1.165) is 22.2 Å². The summed E-state index contributed by atoms with van der Waals surface area (Å²) in [6, 6.07) is 21.6. The highest BCUT2D eigenvalue weighted by molar-refractivity contribution is 6.15. The second-order valence-electron chi connectivity index (χ2n) is 15.7. The van der Waals surface area contributed by atoms with Crippen LogP contribution in [0.2, 0.25) is 0 Å². The van der Waals surface area contributed by atoms with E-state index in [0.29, 0.717) is 58.1 Å². The van der Waals surface area contributed by atoms with Crippen LogP contribution < -0.4 is 31.3 Å². The molecule has 17 nitrogen and oxygen atoms in total. The zero-order valence-electron chi connectivity index (χ0n) is 34.9. The van der Waals surface area contributed by atoms with Gasteiger partial charge in [0.2, 0.25) is 11.7 Å². The fourth-order valence-corrected chi connectivity index (χ4v) is 8.11. The second-order valence-corrected chi connectivity index (χ2v) is 15.7. The summed E-state index contributed by atoms with van der Waals surface area (Å²) >= 11 is 0. The normalized spacial score (nSPS) is 13.9. The Kier molecular flexibility index (Phi) is 10.2. The average Bonchev–Trinajstić information content (AvgIpc) is 4.07. The lowest BCUT2D eigenvalue weighted by Gasteiger charge is -2.21. The molecule has 0 aliphatic carbocycles. The van der Waals surface area contributed by atoms with Crippen molar-refractivity contribution in [3.63, 3.8) is 0 Å². The van der Waals surface area contributed by atoms with E-state index >= 15 is 0 Å². The van der Waals surface area contributed by atoms with Crippen LogP contribution in [0, 0.1) is 6.92 Å². The highest BCUT2D eigenvalue weighted by atomic mass is 16.5. The Morgan fingerprint density at radius 1 is 0.841 bits per heavy atom. The van der Waals surface area contributed by atoms with Crippen molar-refractivity contribution in [1.29, 1.82) is 0 Å². The maximum absolute atomic E-state index is 13.6. The van der Waals surface area contributed by atoms with Gasteiger partial charge in [-0.05, 0) is 73.0 Å². The molecule has 63 heavy (non-hydrogen) atoms. The molecule has 0 spiro atoms. The molecule has 4 amide bonds. The minimum absolute atomic E-state index is 0.0355. The first-order valence-corrected chi connectivity index (χ1v) is 20.2. The predicted octanol–water partition coefficient (Wildman–Crippen LogP) is 6.22. The summed E-state index contributed by atoms with van der Waals surface area (Å²) in [6.07, 6.45) is 9.50. The van der Waals surface area contributed by atoms with E-state index < -0.39 is 11.8 Å². The van der Waals surface area contributed by atoms with Gasteiger partial charge in [0.25, 0.3) is 23.6 Å². The number of benzene rings is 3. The number of hydrogen-bond donors (Lipinski definition) is 4. The van der Waals surface area contributed by atoms with Crippen LogP contribution in [0.25, 0.3) is 10.9 Å². The zero-order chi connectivity index (χ0) is 44.1. The van der Waals surface area contributed by atoms with Crippen molar-refractivity contribution in [2.24, 2.45) is 26.1 Å². The number of nitrogen functional groups attached to an aromatic ring is 1. The van der Waals surface area contributed by atoms with Gasteiger partial charge in [0.1, 0.15) is 17.1 Å². The van der Waals surface area contributed by atoms with Crippen molar-refractivity contribution in [3.05, 3.63) is 131 Å². The maximum atomic E-state index is 13.6. The van der Waals surface area contributed by atoms with Crippen molar-refractivity contribution in [2.45, 2.75) is 32.2 Å². The summed E-state index contributed by atoms with van der Waals surface area (Å²) in [5, 5.41) is 9.17. The molecule has 2 aliphatic rings. The zero-order valence-corrected chi connectivity index (χ0v) is 34.9. The molecule has 0 saturated heterocycles. The number of nitrogens with zero attached hydrogens (tertiary/aromatic N) is 7. The summed E-state index contributed by atoms with van der Waals surface area (Å²) in [7, 11) is 5.02. The number of ether oxygens (including phenoxy) is 1. The van der Waals surface area contributed by atoms with Crippen molar-refractivity contribution < 1.29 is 28.7 Å². The largest absolute Gasteiger partial charge is 0.493 e. The number of nitrogens with two attached hydrogens (primary N) is 1. The number of carbonyl (C=O) groups excluding carboxylic acids is 5. The van der Waals surface area contributed by atoms with Crippen molar-refractivity contribution in [3.8, 4) is 5.75 Å². The molecule has 1 unspecified atom stereocenters. The lowest BCUT2D eigenvalue weighted by Crippen LogP contribution is -2.37. The molecule has 0 bridgehead atoms. The van der Waals surface area contributed by atoms with E-state index in [9.17, 15) is 24.0 Å². The van der Waals surface area contributed by atoms with Gasteiger partial charge >= 0.3 is 0 Å². The first-order chi connectivity index (χ1) is 30.3. The summed E-state index contributed by atoms with van der Waals surface area (Å²) in [5.74, 6) is -0.876. The number of para-hydroxylation sites is 1. The van der Waals surface area contributed by atoms with E-state index in [1.165, 1.54) is 21.4 Å². The van der Waals surface area contributed by atoms with Gasteiger partial charge in [-0.2, -0.15) is 0 Å². The Morgan fingerprint density at radius 3 is 2.40 bits per heavy atom. The Morgan fingerprint density at radius 2 is 1.59 bits per heavy atom. The van der Waals surface area contributed by atoms with Crippen LogP contribution in [0.3, 0.4) is 0 Å². The molecule has 318 valence electrons. The second kappa shape index (κ2) is 16.0. The Hall–Kier alpha value is -8.21. The highest BCUT2D eigenvalue weighted by Crippen LogP contribution is 2.38. The van der Waals surface area contributed by atoms with Gasteiger partial charge in [0.05, 0.1) is 40.8 Å². The standard InChI is InChI=1S/C46H43N11O6/c1-26-16-33-34(48-22-32-18-27-8-5-6-9-36(27)57(32)45(33)61)21-39(26)63-15-7-10-41(58)51-40-25-55(4)42(52-40)44(60)50-30-19-37(53(2)23-30)43(59)49-31-20-38(54(3)24-31)46(62)56-14-13-28-17-29(47)11-12-35(28)56/h5-6,8-9,11-14,16-17,19-25,32H,7,10,15,18,47H2,1-4H3,(H,49,59)(H,50,60)(H,51,58). The summed E-state index contributed by atoms with van der Waals surface area (Å²) in [4.78, 5) is 77.5. The van der Waals surface area contributed by atoms with Crippen molar-refractivity contribution in [1.82, 2.24) is 23.3 Å². The Labute approximate surface area is 360 Å². The molecule has 17 heteroatoms. The minimum Gasteiger partial charge on any atom is -0.493 e.